The van der Waals surface area contributed by atoms with E-state index in [0.29, 0.717) is 5.92 Å². The average Bonchev–Trinajstić information content (AvgIpc) is 2.76. The first kappa shape index (κ1) is 13.8. The van der Waals surface area contributed by atoms with Crippen LogP contribution >= 0.6 is 11.6 Å². The van der Waals surface area contributed by atoms with Crippen LogP contribution in [-0.4, -0.2) is 31.6 Å². The minimum atomic E-state index is -0.259. The Balaban J connectivity index is 2.34. The molecule has 0 aromatic heterocycles. The lowest BCUT2D eigenvalue weighted by atomic mass is 9.93. The van der Waals surface area contributed by atoms with Crippen LogP contribution in [0.4, 0.5) is 4.39 Å². The van der Waals surface area contributed by atoms with Gasteiger partial charge in [0, 0.05) is 11.6 Å². The molecule has 18 heavy (non-hydrogen) atoms. The number of rotatable bonds is 4. The third kappa shape index (κ3) is 2.53. The first-order chi connectivity index (χ1) is 8.69. The molecule has 1 aromatic rings. The molecule has 1 N–H and O–H groups in total. The molecule has 1 fully saturated rings. The van der Waals surface area contributed by atoms with Crippen molar-refractivity contribution in [3.8, 4) is 0 Å². The molecule has 0 aliphatic carbocycles. The van der Waals surface area contributed by atoms with Crippen LogP contribution in [0.15, 0.2) is 18.2 Å². The molecule has 1 aliphatic rings. The standard InChI is InChI=1S/C14H20ClFN2/c1-3-18-8-7-10(9-17-2)14(18)11-5-4-6-12(15)13(11)16/h4-6,10,14,17H,3,7-9H2,1-2H3. The smallest absolute Gasteiger partial charge is 0.146 e. The number of likely N-dealkylation sites (tertiary alicyclic amines) is 1. The van der Waals surface area contributed by atoms with E-state index < -0.39 is 0 Å². The molecule has 100 valence electrons. The van der Waals surface area contributed by atoms with Gasteiger partial charge in [-0.05, 0) is 45.1 Å². The summed E-state index contributed by atoms with van der Waals surface area (Å²) in [5.74, 6) is 0.188. The summed E-state index contributed by atoms with van der Waals surface area (Å²) in [5, 5.41) is 3.43. The molecule has 0 spiro atoms. The predicted octanol–water partition coefficient (Wildman–Crippen LogP) is 3.08. The van der Waals surface area contributed by atoms with Crippen LogP contribution in [0.1, 0.15) is 24.9 Å². The zero-order chi connectivity index (χ0) is 13.1. The van der Waals surface area contributed by atoms with Crippen molar-refractivity contribution >= 4 is 11.6 Å². The predicted molar refractivity (Wildman–Crippen MR) is 73.4 cm³/mol. The van der Waals surface area contributed by atoms with Gasteiger partial charge in [-0.2, -0.15) is 0 Å². The molecule has 2 rings (SSSR count). The van der Waals surface area contributed by atoms with Crippen LogP contribution in [0.3, 0.4) is 0 Å². The molecule has 2 unspecified atom stereocenters. The molecule has 2 nitrogen and oxygen atoms in total. The maximum absolute atomic E-state index is 14.2. The summed E-state index contributed by atoms with van der Waals surface area (Å²) in [6.45, 7) is 5.00. The largest absolute Gasteiger partial charge is 0.319 e. The second kappa shape index (κ2) is 6.00. The average molecular weight is 271 g/mol. The monoisotopic (exact) mass is 270 g/mol. The Morgan fingerprint density at radius 2 is 2.28 bits per heavy atom. The van der Waals surface area contributed by atoms with E-state index in [-0.39, 0.29) is 16.9 Å². The lowest BCUT2D eigenvalue weighted by molar-refractivity contribution is 0.233. The molecular weight excluding hydrogens is 251 g/mol. The maximum atomic E-state index is 14.2. The fourth-order valence-electron chi connectivity index (χ4n) is 2.96. The van der Waals surface area contributed by atoms with E-state index in [4.69, 9.17) is 11.6 Å². The Bertz CT molecular complexity index is 411. The second-order valence-electron chi connectivity index (χ2n) is 4.82. The summed E-state index contributed by atoms with van der Waals surface area (Å²) >= 11 is 5.90. The summed E-state index contributed by atoms with van der Waals surface area (Å²) in [4.78, 5) is 2.33. The minimum absolute atomic E-state index is 0.140. The van der Waals surface area contributed by atoms with Crippen molar-refractivity contribution in [3.05, 3.63) is 34.6 Å². The number of nitrogens with one attached hydrogen (secondary N) is 1. The van der Waals surface area contributed by atoms with Gasteiger partial charge in [-0.25, -0.2) is 4.39 Å². The Kier molecular flexibility index (Phi) is 4.60. The van der Waals surface area contributed by atoms with Gasteiger partial charge in [0.1, 0.15) is 5.82 Å². The Morgan fingerprint density at radius 3 is 2.94 bits per heavy atom. The fraction of sp³-hybridized carbons (Fsp3) is 0.571. The lowest BCUT2D eigenvalue weighted by Gasteiger charge is -2.28. The highest BCUT2D eigenvalue weighted by Crippen LogP contribution is 2.38. The van der Waals surface area contributed by atoms with Crippen molar-refractivity contribution < 1.29 is 4.39 Å². The van der Waals surface area contributed by atoms with Crippen LogP contribution in [0.5, 0.6) is 0 Å². The number of halogens is 2. The highest BCUT2D eigenvalue weighted by atomic mass is 35.5. The van der Waals surface area contributed by atoms with Gasteiger partial charge in [0.2, 0.25) is 0 Å². The van der Waals surface area contributed by atoms with E-state index in [1.165, 1.54) is 0 Å². The third-order valence-electron chi connectivity index (χ3n) is 3.80. The molecule has 0 bridgehead atoms. The molecule has 1 aliphatic heterocycles. The molecule has 4 heteroatoms. The van der Waals surface area contributed by atoms with Gasteiger partial charge >= 0.3 is 0 Å². The van der Waals surface area contributed by atoms with Crippen molar-refractivity contribution in [3.63, 3.8) is 0 Å². The molecule has 1 heterocycles. The summed E-state index contributed by atoms with van der Waals surface area (Å²) < 4.78 is 14.2. The van der Waals surface area contributed by atoms with E-state index in [1.807, 2.05) is 19.2 Å². The number of hydrogen-bond acceptors (Lipinski definition) is 2. The number of hydrogen-bond donors (Lipinski definition) is 1. The quantitative estimate of drug-likeness (QED) is 0.905. The number of nitrogens with zero attached hydrogens (tertiary/aromatic N) is 1. The second-order valence-corrected chi connectivity index (χ2v) is 5.23. The van der Waals surface area contributed by atoms with Crippen LogP contribution < -0.4 is 5.32 Å². The summed E-state index contributed by atoms with van der Waals surface area (Å²) in [7, 11) is 1.94. The van der Waals surface area contributed by atoms with Gasteiger partial charge in [-0.3, -0.25) is 4.90 Å². The fourth-order valence-corrected chi connectivity index (χ4v) is 3.14. The van der Waals surface area contributed by atoms with Crippen molar-refractivity contribution in [2.75, 3.05) is 26.7 Å². The van der Waals surface area contributed by atoms with Crippen LogP contribution in [0.25, 0.3) is 0 Å². The zero-order valence-electron chi connectivity index (χ0n) is 10.9. The topological polar surface area (TPSA) is 15.3 Å². The van der Waals surface area contributed by atoms with Crippen molar-refractivity contribution in [2.45, 2.75) is 19.4 Å². The van der Waals surface area contributed by atoms with Gasteiger partial charge in [0.25, 0.3) is 0 Å². The van der Waals surface area contributed by atoms with E-state index in [2.05, 4.69) is 17.1 Å². The molecule has 2 atom stereocenters. The van der Waals surface area contributed by atoms with Crippen molar-refractivity contribution in [2.24, 2.45) is 5.92 Å². The molecular formula is C14H20ClFN2. The van der Waals surface area contributed by atoms with E-state index in [9.17, 15) is 4.39 Å². The third-order valence-corrected chi connectivity index (χ3v) is 4.09. The van der Waals surface area contributed by atoms with Gasteiger partial charge in [0.15, 0.2) is 0 Å². The Morgan fingerprint density at radius 1 is 1.50 bits per heavy atom. The van der Waals surface area contributed by atoms with Gasteiger partial charge in [-0.1, -0.05) is 30.7 Å². The van der Waals surface area contributed by atoms with Crippen LogP contribution in [0, 0.1) is 11.7 Å². The van der Waals surface area contributed by atoms with Crippen molar-refractivity contribution in [1.82, 2.24) is 10.2 Å². The molecule has 1 saturated heterocycles. The molecule has 1 aromatic carbocycles. The van der Waals surface area contributed by atoms with E-state index in [1.54, 1.807) is 6.07 Å². The maximum Gasteiger partial charge on any atom is 0.146 e. The SMILES string of the molecule is CCN1CCC(CNC)C1c1cccc(Cl)c1F. The molecule has 0 amide bonds. The lowest BCUT2D eigenvalue weighted by Crippen LogP contribution is -2.29. The van der Waals surface area contributed by atoms with Gasteiger partial charge in [-0.15, -0.1) is 0 Å². The number of benzene rings is 1. The summed E-state index contributed by atoms with van der Waals surface area (Å²) in [6, 6.07) is 5.45. The Labute approximate surface area is 113 Å². The zero-order valence-corrected chi connectivity index (χ0v) is 11.7. The highest BCUT2D eigenvalue weighted by molar-refractivity contribution is 6.30. The molecule has 0 saturated carbocycles. The first-order valence-electron chi connectivity index (χ1n) is 6.51. The van der Waals surface area contributed by atoms with E-state index >= 15 is 0 Å². The summed E-state index contributed by atoms with van der Waals surface area (Å²) in [5.41, 5.74) is 0.738. The van der Waals surface area contributed by atoms with Crippen LogP contribution in [-0.2, 0) is 0 Å². The summed E-state index contributed by atoms with van der Waals surface area (Å²) in [6.07, 6.45) is 1.10. The normalized spacial score (nSPS) is 24.7. The molecule has 0 radical (unpaired) electrons. The first-order valence-corrected chi connectivity index (χ1v) is 6.89. The van der Waals surface area contributed by atoms with Gasteiger partial charge < -0.3 is 5.32 Å². The highest BCUT2D eigenvalue weighted by Gasteiger charge is 2.35. The van der Waals surface area contributed by atoms with Gasteiger partial charge in [0.05, 0.1) is 5.02 Å². The van der Waals surface area contributed by atoms with E-state index in [0.717, 1.165) is 31.6 Å². The minimum Gasteiger partial charge on any atom is -0.319 e. The van der Waals surface area contributed by atoms with Crippen LogP contribution in [0.2, 0.25) is 5.02 Å². The Hall–Kier alpha value is -0.640. The van der Waals surface area contributed by atoms with Crippen molar-refractivity contribution in [1.29, 1.82) is 0 Å².